The first-order chi connectivity index (χ1) is 6.99. The zero-order valence-corrected chi connectivity index (χ0v) is 9.63. The molecule has 2 atom stereocenters. The van der Waals surface area contributed by atoms with Gasteiger partial charge in [0.1, 0.15) is 23.6 Å². The van der Waals surface area contributed by atoms with Gasteiger partial charge in [-0.1, -0.05) is 6.07 Å². The monoisotopic (exact) mass is 204 g/mol. The van der Waals surface area contributed by atoms with Crippen molar-refractivity contribution in [2.24, 2.45) is 0 Å². The lowest BCUT2D eigenvalue weighted by Crippen LogP contribution is -2.38. The van der Waals surface area contributed by atoms with Crippen LogP contribution in [0.2, 0.25) is 0 Å². The molecule has 2 nitrogen and oxygen atoms in total. The number of ether oxygens (including phenoxy) is 2. The smallest absolute Gasteiger partial charge is 0.132 e. The van der Waals surface area contributed by atoms with Crippen molar-refractivity contribution in [2.45, 2.75) is 45.5 Å². The van der Waals surface area contributed by atoms with E-state index in [1.165, 1.54) is 16.7 Å². The predicted octanol–water partition coefficient (Wildman–Crippen LogP) is 2.91. The SMILES string of the molecule is Cc1cc(C)c2c(c1)OC(C)(C)C1OC21. The van der Waals surface area contributed by atoms with Crippen molar-refractivity contribution in [3.05, 3.63) is 28.8 Å². The Bertz CT molecular complexity index is 434. The first-order valence-electron chi connectivity index (χ1n) is 5.45. The minimum absolute atomic E-state index is 0.183. The van der Waals surface area contributed by atoms with E-state index in [1.807, 2.05) is 0 Å². The second kappa shape index (κ2) is 2.56. The van der Waals surface area contributed by atoms with Crippen LogP contribution in [0.1, 0.15) is 36.6 Å². The molecule has 2 heteroatoms. The fourth-order valence-corrected chi connectivity index (χ4v) is 2.59. The highest BCUT2D eigenvalue weighted by Crippen LogP contribution is 2.54. The second-order valence-corrected chi connectivity index (χ2v) is 5.18. The van der Waals surface area contributed by atoms with E-state index < -0.39 is 0 Å². The maximum atomic E-state index is 6.01. The summed E-state index contributed by atoms with van der Waals surface area (Å²) < 4.78 is 11.7. The number of hydrogen-bond donors (Lipinski definition) is 0. The van der Waals surface area contributed by atoms with Gasteiger partial charge in [-0.05, 0) is 44.9 Å². The molecule has 2 aliphatic rings. The molecule has 0 aromatic heterocycles. The number of benzene rings is 1. The highest BCUT2D eigenvalue weighted by Gasteiger charge is 2.57. The summed E-state index contributed by atoms with van der Waals surface area (Å²) in [7, 11) is 0. The highest BCUT2D eigenvalue weighted by atomic mass is 16.6. The third-order valence-corrected chi connectivity index (χ3v) is 3.33. The Morgan fingerprint density at radius 1 is 1.20 bits per heavy atom. The van der Waals surface area contributed by atoms with E-state index in [9.17, 15) is 0 Å². The van der Waals surface area contributed by atoms with Gasteiger partial charge in [-0.15, -0.1) is 0 Å². The van der Waals surface area contributed by atoms with Crippen molar-refractivity contribution in [1.82, 2.24) is 0 Å². The largest absolute Gasteiger partial charge is 0.485 e. The van der Waals surface area contributed by atoms with E-state index in [2.05, 4.69) is 39.8 Å². The van der Waals surface area contributed by atoms with Crippen LogP contribution in [0.4, 0.5) is 0 Å². The summed E-state index contributed by atoms with van der Waals surface area (Å²) in [4.78, 5) is 0. The number of epoxide rings is 1. The molecule has 0 spiro atoms. The summed E-state index contributed by atoms with van der Waals surface area (Å²) in [5.41, 5.74) is 3.61. The molecule has 3 rings (SSSR count). The van der Waals surface area contributed by atoms with Crippen molar-refractivity contribution >= 4 is 0 Å². The third-order valence-electron chi connectivity index (χ3n) is 3.33. The van der Waals surface area contributed by atoms with E-state index in [0.717, 1.165) is 5.75 Å². The van der Waals surface area contributed by atoms with Crippen LogP contribution in [-0.2, 0) is 4.74 Å². The van der Waals surface area contributed by atoms with Gasteiger partial charge in [-0.25, -0.2) is 0 Å². The average molecular weight is 204 g/mol. The molecule has 0 aliphatic carbocycles. The molecule has 1 saturated heterocycles. The van der Waals surface area contributed by atoms with Crippen LogP contribution in [0.5, 0.6) is 5.75 Å². The Kier molecular flexibility index (Phi) is 1.57. The zero-order valence-electron chi connectivity index (χ0n) is 9.63. The second-order valence-electron chi connectivity index (χ2n) is 5.18. The van der Waals surface area contributed by atoms with E-state index in [0.29, 0.717) is 0 Å². The Morgan fingerprint density at radius 2 is 1.93 bits per heavy atom. The van der Waals surface area contributed by atoms with Gasteiger partial charge in [0.2, 0.25) is 0 Å². The summed E-state index contributed by atoms with van der Waals surface area (Å²) in [5, 5.41) is 0. The van der Waals surface area contributed by atoms with Gasteiger partial charge in [0.15, 0.2) is 0 Å². The Morgan fingerprint density at radius 3 is 2.67 bits per heavy atom. The fourth-order valence-electron chi connectivity index (χ4n) is 2.59. The van der Waals surface area contributed by atoms with Crippen molar-refractivity contribution in [3.63, 3.8) is 0 Å². The average Bonchev–Trinajstić information content (AvgIpc) is 2.80. The van der Waals surface area contributed by atoms with Crippen LogP contribution >= 0.6 is 0 Å². The molecule has 0 amide bonds. The summed E-state index contributed by atoms with van der Waals surface area (Å²) in [6.45, 7) is 8.42. The van der Waals surface area contributed by atoms with Crippen LogP contribution in [0.15, 0.2) is 12.1 Å². The summed E-state index contributed by atoms with van der Waals surface area (Å²) in [6, 6.07) is 4.31. The van der Waals surface area contributed by atoms with Crippen molar-refractivity contribution < 1.29 is 9.47 Å². The Labute approximate surface area is 90.2 Å². The Hall–Kier alpha value is -1.02. The normalized spacial score (nSPS) is 30.1. The lowest BCUT2D eigenvalue weighted by molar-refractivity contribution is 0.0724. The van der Waals surface area contributed by atoms with Crippen molar-refractivity contribution in [2.75, 3.05) is 0 Å². The zero-order chi connectivity index (χ0) is 10.8. The molecule has 1 aromatic carbocycles. The van der Waals surface area contributed by atoms with Crippen LogP contribution in [0, 0.1) is 13.8 Å². The summed E-state index contributed by atoms with van der Waals surface area (Å²) >= 11 is 0. The first-order valence-corrected chi connectivity index (χ1v) is 5.45. The summed E-state index contributed by atoms with van der Waals surface area (Å²) in [6.07, 6.45) is 0.510. The van der Waals surface area contributed by atoms with Gasteiger partial charge in [0, 0.05) is 5.56 Å². The molecular weight excluding hydrogens is 188 g/mol. The minimum atomic E-state index is -0.183. The molecule has 2 aliphatic heterocycles. The van der Waals surface area contributed by atoms with Gasteiger partial charge in [0.25, 0.3) is 0 Å². The predicted molar refractivity (Wildman–Crippen MR) is 58.2 cm³/mol. The molecular formula is C13H16O2. The van der Waals surface area contributed by atoms with E-state index in [4.69, 9.17) is 9.47 Å². The molecule has 1 aromatic rings. The van der Waals surface area contributed by atoms with Crippen LogP contribution in [-0.4, -0.2) is 11.7 Å². The highest BCUT2D eigenvalue weighted by molar-refractivity contribution is 5.49. The maximum absolute atomic E-state index is 6.01. The fraction of sp³-hybridized carbons (Fsp3) is 0.538. The molecule has 15 heavy (non-hydrogen) atoms. The van der Waals surface area contributed by atoms with E-state index in [1.54, 1.807) is 0 Å². The topological polar surface area (TPSA) is 21.8 Å². The molecule has 0 bridgehead atoms. The lowest BCUT2D eigenvalue weighted by Gasteiger charge is -2.30. The molecule has 0 radical (unpaired) electrons. The van der Waals surface area contributed by atoms with Crippen LogP contribution in [0.25, 0.3) is 0 Å². The van der Waals surface area contributed by atoms with Gasteiger partial charge < -0.3 is 9.47 Å². The van der Waals surface area contributed by atoms with Gasteiger partial charge >= 0.3 is 0 Å². The summed E-state index contributed by atoms with van der Waals surface area (Å²) in [5.74, 6) is 1.01. The molecule has 2 unspecified atom stereocenters. The van der Waals surface area contributed by atoms with Crippen molar-refractivity contribution in [3.8, 4) is 5.75 Å². The molecule has 0 saturated carbocycles. The minimum Gasteiger partial charge on any atom is -0.485 e. The molecule has 1 fully saturated rings. The quantitative estimate of drug-likeness (QED) is 0.606. The van der Waals surface area contributed by atoms with Crippen LogP contribution in [0.3, 0.4) is 0 Å². The molecule has 0 N–H and O–H groups in total. The number of fused-ring (bicyclic) bond motifs is 3. The number of rotatable bonds is 0. The van der Waals surface area contributed by atoms with E-state index >= 15 is 0 Å². The number of aryl methyl sites for hydroxylation is 2. The Balaban J connectivity index is 2.16. The van der Waals surface area contributed by atoms with Gasteiger partial charge in [0.05, 0.1) is 0 Å². The van der Waals surface area contributed by atoms with Gasteiger partial charge in [-0.3, -0.25) is 0 Å². The van der Waals surface area contributed by atoms with Crippen molar-refractivity contribution in [1.29, 1.82) is 0 Å². The molecule has 2 heterocycles. The standard InChI is InChI=1S/C13H16O2/c1-7-5-8(2)10-9(6-7)15-13(3,4)12-11(10)14-12/h5-6,11-12H,1-4H3. The number of hydrogen-bond acceptors (Lipinski definition) is 2. The van der Waals surface area contributed by atoms with E-state index in [-0.39, 0.29) is 17.8 Å². The molecule has 80 valence electrons. The first kappa shape index (κ1) is 9.22. The maximum Gasteiger partial charge on any atom is 0.132 e. The van der Waals surface area contributed by atoms with Gasteiger partial charge in [-0.2, -0.15) is 0 Å². The van der Waals surface area contributed by atoms with Crippen LogP contribution < -0.4 is 4.74 Å². The third kappa shape index (κ3) is 1.21. The lowest BCUT2D eigenvalue weighted by atomic mass is 9.91.